The Morgan fingerprint density at radius 2 is 1.74 bits per heavy atom. The number of carbonyl (C=O) groups is 2. The van der Waals surface area contributed by atoms with Crippen molar-refractivity contribution in [1.29, 1.82) is 0 Å². The summed E-state index contributed by atoms with van der Waals surface area (Å²) < 4.78 is 20.3. The van der Waals surface area contributed by atoms with E-state index in [2.05, 4.69) is 5.32 Å². The van der Waals surface area contributed by atoms with Crippen LogP contribution < -0.4 is 10.1 Å². The van der Waals surface area contributed by atoms with Gasteiger partial charge >= 0.3 is 0 Å². The van der Waals surface area contributed by atoms with E-state index in [1.165, 1.54) is 11.0 Å². The predicted molar refractivity (Wildman–Crippen MR) is 135 cm³/mol. The molecule has 5 nitrogen and oxygen atoms in total. The number of rotatable bonds is 12. The lowest BCUT2D eigenvalue weighted by Crippen LogP contribution is -2.52. The highest BCUT2D eigenvalue weighted by atomic mass is 19.1. The van der Waals surface area contributed by atoms with Gasteiger partial charge in [-0.1, -0.05) is 74.0 Å². The highest BCUT2D eigenvalue weighted by Gasteiger charge is 2.31. The van der Waals surface area contributed by atoms with Crippen LogP contribution in [-0.4, -0.2) is 35.9 Å². The summed E-state index contributed by atoms with van der Waals surface area (Å²) in [5, 5.41) is 2.95. The number of nitrogens with one attached hydrogen (secondary N) is 1. The zero-order valence-electron chi connectivity index (χ0n) is 20.4. The first-order valence-electron chi connectivity index (χ1n) is 12.0. The molecule has 0 aromatic heterocycles. The monoisotopic (exact) mass is 476 g/mol. The van der Waals surface area contributed by atoms with E-state index in [0.29, 0.717) is 24.3 Å². The Kier molecular flexibility index (Phi) is 9.84. The quantitative estimate of drug-likeness (QED) is 0.372. The molecular formula is C29H33FN2O3. The number of unbranched alkanes of at least 4 members (excludes halogenated alkanes) is 1. The molecule has 3 rings (SSSR count). The van der Waals surface area contributed by atoms with Gasteiger partial charge in [0.1, 0.15) is 17.6 Å². The minimum absolute atomic E-state index is 0.0403. The minimum atomic E-state index is -0.817. The molecule has 3 aromatic rings. The average molecular weight is 477 g/mol. The Morgan fingerprint density at radius 1 is 1.00 bits per heavy atom. The normalized spacial score (nSPS) is 11.5. The van der Waals surface area contributed by atoms with E-state index in [0.717, 1.165) is 24.0 Å². The van der Waals surface area contributed by atoms with Crippen LogP contribution in [0.15, 0.2) is 78.9 Å². The molecule has 0 aliphatic heterocycles. The SMILES string of the molecule is CCCCNC(=O)C(Cc1ccccc1)N(Cc1ccccc1F)C(=O)COc1cccc(C)c1. The molecule has 0 fully saturated rings. The van der Waals surface area contributed by atoms with Gasteiger partial charge in [-0.2, -0.15) is 0 Å². The number of carbonyl (C=O) groups excluding carboxylic acids is 2. The van der Waals surface area contributed by atoms with Crippen molar-refractivity contribution in [1.82, 2.24) is 10.2 Å². The van der Waals surface area contributed by atoms with Gasteiger partial charge < -0.3 is 15.0 Å². The Bertz CT molecular complexity index is 1100. The second-order valence-corrected chi connectivity index (χ2v) is 8.57. The summed E-state index contributed by atoms with van der Waals surface area (Å²) in [6.45, 7) is 4.20. The Morgan fingerprint density at radius 3 is 2.46 bits per heavy atom. The van der Waals surface area contributed by atoms with Gasteiger partial charge in [-0.05, 0) is 42.7 Å². The fourth-order valence-electron chi connectivity index (χ4n) is 3.80. The zero-order valence-corrected chi connectivity index (χ0v) is 20.4. The van der Waals surface area contributed by atoms with Gasteiger partial charge in [-0.25, -0.2) is 4.39 Å². The molecule has 2 amide bonds. The van der Waals surface area contributed by atoms with Crippen LogP contribution in [-0.2, 0) is 22.6 Å². The molecule has 1 unspecified atom stereocenters. The van der Waals surface area contributed by atoms with Crippen LogP contribution in [0, 0.1) is 12.7 Å². The summed E-state index contributed by atoms with van der Waals surface area (Å²) in [5.74, 6) is -0.505. The van der Waals surface area contributed by atoms with Crippen molar-refractivity contribution >= 4 is 11.8 Å². The topological polar surface area (TPSA) is 58.6 Å². The summed E-state index contributed by atoms with van der Waals surface area (Å²) >= 11 is 0. The molecule has 184 valence electrons. The molecule has 1 N–H and O–H groups in total. The molecule has 0 saturated carbocycles. The van der Waals surface area contributed by atoms with E-state index < -0.39 is 11.9 Å². The molecular weight excluding hydrogens is 443 g/mol. The molecule has 1 atom stereocenters. The number of hydrogen-bond acceptors (Lipinski definition) is 3. The predicted octanol–water partition coefficient (Wildman–Crippen LogP) is 5.07. The first kappa shape index (κ1) is 25.9. The number of aryl methyl sites for hydroxylation is 1. The second-order valence-electron chi connectivity index (χ2n) is 8.57. The van der Waals surface area contributed by atoms with Crippen LogP contribution in [0.2, 0.25) is 0 Å². The van der Waals surface area contributed by atoms with E-state index >= 15 is 0 Å². The molecule has 3 aromatic carbocycles. The Labute approximate surface area is 206 Å². The van der Waals surface area contributed by atoms with E-state index in [1.54, 1.807) is 24.3 Å². The van der Waals surface area contributed by atoms with E-state index in [1.807, 2.05) is 62.4 Å². The Hall–Kier alpha value is -3.67. The highest BCUT2D eigenvalue weighted by Crippen LogP contribution is 2.18. The first-order chi connectivity index (χ1) is 17.0. The third-order valence-electron chi connectivity index (χ3n) is 5.75. The van der Waals surface area contributed by atoms with Gasteiger partial charge in [0.15, 0.2) is 6.61 Å². The molecule has 0 bridgehead atoms. The number of nitrogens with zero attached hydrogens (tertiary/aromatic N) is 1. The van der Waals surface area contributed by atoms with Crippen LogP contribution in [0.5, 0.6) is 5.75 Å². The maximum absolute atomic E-state index is 14.6. The van der Waals surface area contributed by atoms with Crippen molar-refractivity contribution in [2.24, 2.45) is 0 Å². The maximum atomic E-state index is 14.6. The van der Waals surface area contributed by atoms with Crippen molar-refractivity contribution in [2.75, 3.05) is 13.2 Å². The zero-order chi connectivity index (χ0) is 25.0. The van der Waals surface area contributed by atoms with E-state index in [4.69, 9.17) is 4.74 Å². The van der Waals surface area contributed by atoms with E-state index in [-0.39, 0.29) is 25.0 Å². The van der Waals surface area contributed by atoms with Crippen LogP contribution in [0.3, 0.4) is 0 Å². The molecule has 35 heavy (non-hydrogen) atoms. The van der Waals surface area contributed by atoms with Gasteiger partial charge in [0.25, 0.3) is 5.91 Å². The molecule has 0 radical (unpaired) electrons. The van der Waals surface area contributed by atoms with Crippen molar-refractivity contribution in [3.05, 3.63) is 101 Å². The largest absolute Gasteiger partial charge is 0.484 e. The molecule has 0 saturated heterocycles. The van der Waals surface area contributed by atoms with Crippen molar-refractivity contribution in [2.45, 2.75) is 45.7 Å². The molecule has 0 spiro atoms. The lowest BCUT2D eigenvalue weighted by molar-refractivity contribution is -0.142. The fraction of sp³-hybridized carbons (Fsp3) is 0.310. The number of ether oxygens (including phenoxy) is 1. The molecule has 0 aliphatic carbocycles. The number of benzene rings is 3. The van der Waals surface area contributed by atoms with Crippen molar-refractivity contribution < 1.29 is 18.7 Å². The van der Waals surface area contributed by atoms with Crippen LogP contribution >= 0.6 is 0 Å². The lowest BCUT2D eigenvalue weighted by Gasteiger charge is -2.31. The number of amides is 2. The smallest absolute Gasteiger partial charge is 0.261 e. The minimum Gasteiger partial charge on any atom is -0.484 e. The molecule has 0 heterocycles. The summed E-state index contributed by atoms with van der Waals surface area (Å²) in [5.41, 5.74) is 2.26. The third kappa shape index (κ3) is 7.95. The van der Waals surface area contributed by atoms with Crippen LogP contribution in [0.4, 0.5) is 4.39 Å². The summed E-state index contributed by atoms with van der Waals surface area (Å²) in [7, 11) is 0. The summed E-state index contributed by atoms with van der Waals surface area (Å²) in [6, 6.07) is 22.4. The second kappa shape index (κ2) is 13.3. The third-order valence-corrected chi connectivity index (χ3v) is 5.75. The summed E-state index contributed by atoms with van der Waals surface area (Å²) in [4.78, 5) is 28.2. The fourth-order valence-corrected chi connectivity index (χ4v) is 3.80. The maximum Gasteiger partial charge on any atom is 0.261 e. The van der Waals surface area contributed by atoms with Gasteiger partial charge in [-0.15, -0.1) is 0 Å². The van der Waals surface area contributed by atoms with Crippen LogP contribution in [0.25, 0.3) is 0 Å². The molecule has 6 heteroatoms. The van der Waals surface area contributed by atoms with Crippen LogP contribution in [0.1, 0.15) is 36.5 Å². The highest BCUT2D eigenvalue weighted by molar-refractivity contribution is 5.88. The van der Waals surface area contributed by atoms with Gasteiger partial charge in [0, 0.05) is 25.1 Å². The number of hydrogen-bond donors (Lipinski definition) is 1. The average Bonchev–Trinajstić information content (AvgIpc) is 2.86. The van der Waals surface area contributed by atoms with Gasteiger partial charge in [0.05, 0.1) is 0 Å². The van der Waals surface area contributed by atoms with Crippen molar-refractivity contribution in [3.8, 4) is 5.75 Å². The Balaban J connectivity index is 1.89. The van der Waals surface area contributed by atoms with Gasteiger partial charge in [-0.3, -0.25) is 9.59 Å². The van der Waals surface area contributed by atoms with E-state index in [9.17, 15) is 14.0 Å². The lowest BCUT2D eigenvalue weighted by atomic mass is 10.0. The summed E-state index contributed by atoms with van der Waals surface area (Å²) in [6.07, 6.45) is 2.08. The first-order valence-corrected chi connectivity index (χ1v) is 12.0. The van der Waals surface area contributed by atoms with Crippen molar-refractivity contribution in [3.63, 3.8) is 0 Å². The van der Waals surface area contributed by atoms with Gasteiger partial charge in [0.2, 0.25) is 5.91 Å². The molecule has 0 aliphatic rings. The standard InChI is InChI=1S/C29H33FN2O3/c1-3-4-17-31-29(34)27(19-23-12-6-5-7-13-23)32(20-24-14-8-9-16-26(24)30)28(33)21-35-25-15-10-11-22(2)18-25/h5-16,18,27H,3-4,17,19-21H2,1-2H3,(H,31,34). The number of halogens is 1.